The van der Waals surface area contributed by atoms with Crippen LogP contribution >= 0.6 is 0 Å². The first-order valence-electron chi connectivity index (χ1n) is 5.53. The van der Waals surface area contributed by atoms with Gasteiger partial charge in [-0.1, -0.05) is 25.1 Å². The van der Waals surface area contributed by atoms with Gasteiger partial charge >= 0.3 is 0 Å². The summed E-state index contributed by atoms with van der Waals surface area (Å²) in [6.45, 7) is 6.08. The summed E-state index contributed by atoms with van der Waals surface area (Å²) in [6.07, 6.45) is 1.13. The lowest BCUT2D eigenvalue weighted by Crippen LogP contribution is -2.30. The Morgan fingerprint density at radius 2 is 2.27 bits per heavy atom. The zero-order valence-corrected chi connectivity index (χ0v) is 9.16. The minimum atomic E-state index is 0.533. The van der Waals surface area contributed by atoms with Crippen LogP contribution in [0.2, 0.25) is 0 Å². The van der Waals surface area contributed by atoms with Gasteiger partial charge in [-0.25, -0.2) is 5.48 Å². The van der Waals surface area contributed by atoms with Gasteiger partial charge in [0.25, 0.3) is 0 Å². The van der Waals surface area contributed by atoms with Crippen LogP contribution in [0, 0.1) is 0 Å². The van der Waals surface area contributed by atoms with Crippen molar-refractivity contribution in [2.45, 2.75) is 26.4 Å². The highest BCUT2D eigenvalue weighted by atomic mass is 16.5. The second-order valence-electron chi connectivity index (χ2n) is 4.06. The van der Waals surface area contributed by atoms with Crippen LogP contribution in [0.1, 0.15) is 23.6 Å². The summed E-state index contributed by atoms with van der Waals surface area (Å²) in [7, 11) is 0. The Hall–Kier alpha value is -0.900. The molecule has 0 atom stereocenters. The molecule has 0 saturated carbocycles. The Morgan fingerprint density at radius 1 is 1.40 bits per heavy atom. The van der Waals surface area contributed by atoms with E-state index in [0.29, 0.717) is 6.54 Å². The van der Waals surface area contributed by atoms with Gasteiger partial charge in [0, 0.05) is 19.6 Å². The smallest absolute Gasteiger partial charge is 0.0458 e. The van der Waals surface area contributed by atoms with Gasteiger partial charge in [-0.2, -0.15) is 0 Å². The Morgan fingerprint density at radius 3 is 3.00 bits per heavy atom. The van der Waals surface area contributed by atoms with E-state index in [1.54, 1.807) is 0 Å². The standard InChI is InChI=1S/C12H18N2O/c1-2-14-6-5-11-7-10(8-13-15)3-4-12(11)9-14/h3-4,7,13,15H,2,5-6,8-9H2,1H3. The molecule has 0 spiro atoms. The van der Waals surface area contributed by atoms with Crippen LogP contribution in [-0.2, 0) is 19.5 Å². The number of nitrogens with one attached hydrogen (secondary N) is 1. The number of hydroxylamine groups is 1. The van der Waals surface area contributed by atoms with Gasteiger partial charge < -0.3 is 5.21 Å². The molecular weight excluding hydrogens is 188 g/mol. The second kappa shape index (κ2) is 4.75. The van der Waals surface area contributed by atoms with Crippen molar-refractivity contribution < 1.29 is 5.21 Å². The Labute approximate surface area is 90.7 Å². The number of nitrogens with zero attached hydrogens (tertiary/aromatic N) is 1. The van der Waals surface area contributed by atoms with Crippen molar-refractivity contribution in [2.24, 2.45) is 0 Å². The predicted octanol–water partition coefficient (Wildman–Crippen LogP) is 1.54. The first-order valence-corrected chi connectivity index (χ1v) is 5.53. The molecule has 0 radical (unpaired) electrons. The lowest BCUT2D eigenvalue weighted by atomic mass is 9.97. The molecule has 2 N–H and O–H groups in total. The molecule has 0 fully saturated rings. The molecule has 0 aromatic heterocycles. The van der Waals surface area contributed by atoms with Gasteiger partial charge in [0.1, 0.15) is 0 Å². The average Bonchev–Trinajstić information content (AvgIpc) is 2.29. The van der Waals surface area contributed by atoms with Gasteiger partial charge in [-0.15, -0.1) is 0 Å². The van der Waals surface area contributed by atoms with Crippen LogP contribution in [0.3, 0.4) is 0 Å². The van der Waals surface area contributed by atoms with Gasteiger partial charge in [0.2, 0.25) is 0 Å². The third-order valence-corrected chi connectivity index (χ3v) is 3.09. The van der Waals surface area contributed by atoms with E-state index in [-0.39, 0.29) is 0 Å². The van der Waals surface area contributed by atoms with Crippen LogP contribution in [0.4, 0.5) is 0 Å². The Kier molecular flexibility index (Phi) is 3.36. The van der Waals surface area contributed by atoms with E-state index in [1.807, 2.05) is 0 Å². The minimum absolute atomic E-state index is 0.533. The van der Waals surface area contributed by atoms with E-state index in [1.165, 1.54) is 11.1 Å². The molecule has 3 nitrogen and oxygen atoms in total. The molecule has 1 aromatic carbocycles. The summed E-state index contributed by atoms with van der Waals surface area (Å²) >= 11 is 0. The number of benzene rings is 1. The number of hydrogen-bond donors (Lipinski definition) is 2. The quantitative estimate of drug-likeness (QED) is 0.736. The maximum absolute atomic E-state index is 8.65. The van der Waals surface area contributed by atoms with Crippen molar-refractivity contribution >= 4 is 0 Å². The van der Waals surface area contributed by atoms with E-state index >= 15 is 0 Å². The first kappa shape index (κ1) is 10.6. The van der Waals surface area contributed by atoms with Crippen molar-refractivity contribution in [3.8, 4) is 0 Å². The van der Waals surface area contributed by atoms with Crippen LogP contribution in [0.15, 0.2) is 18.2 Å². The third kappa shape index (κ3) is 2.37. The van der Waals surface area contributed by atoms with Gasteiger partial charge in [-0.05, 0) is 29.7 Å². The fourth-order valence-electron chi connectivity index (χ4n) is 2.14. The topological polar surface area (TPSA) is 35.5 Å². The number of fused-ring (bicyclic) bond motifs is 1. The van der Waals surface area contributed by atoms with Gasteiger partial charge in [-0.3, -0.25) is 4.90 Å². The summed E-state index contributed by atoms with van der Waals surface area (Å²) in [5.74, 6) is 0. The highest BCUT2D eigenvalue weighted by Gasteiger charge is 2.14. The van der Waals surface area contributed by atoms with Gasteiger partial charge in [0.15, 0.2) is 0 Å². The van der Waals surface area contributed by atoms with Crippen molar-refractivity contribution in [3.63, 3.8) is 0 Å². The summed E-state index contributed by atoms with van der Waals surface area (Å²) in [5, 5.41) is 8.65. The summed E-state index contributed by atoms with van der Waals surface area (Å²) in [6, 6.07) is 6.47. The highest BCUT2D eigenvalue weighted by Crippen LogP contribution is 2.20. The lowest BCUT2D eigenvalue weighted by Gasteiger charge is -2.27. The molecule has 0 amide bonds. The van der Waals surface area contributed by atoms with E-state index in [9.17, 15) is 0 Å². The van der Waals surface area contributed by atoms with Crippen LogP contribution in [0.5, 0.6) is 0 Å². The Bertz CT molecular complexity index is 338. The fraction of sp³-hybridized carbons (Fsp3) is 0.500. The number of rotatable bonds is 3. The SMILES string of the molecule is CCN1CCc2cc(CNO)ccc2C1. The average molecular weight is 206 g/mol. The van der Waals surface area contributed by atoms with E-state index < -0.39 is 0 Å². The number of hydrogen-bond acceptors (Lipinski definition) is 3. The zero-order chi connectivity index (χ0) is 10.7. The molecule has 0 unspecified atom stereocenters. The van der Waals surface area contributed by atoms with Crippen LogP contribution in [-0.4, -0.2) is 23.2 Å². The monoisotopic (exact) mass is 206 g/mol. The molecule has 3 heteroatoms. The second-order valence-corrected chi connectivity index (χ2v) is 4.06. The highest BCUT2D eigenvalue weighted by molar-refractivity contribution is 5.33. The van der Waals surface area contributed by atoms with Crippen molar-refractivity contribution in [1.82, 2.24) is 10.4 Å². The maximum atomic E-state index is 8.65. The lowest BCUT2D eigenvalue weighted by molar-refractivity contribution is 0.161. The third-order valence-electron chi connectivity index (χ3n) is 3.09. The molecular formula is C12H18N2O. The summed E-state index contributed by atoms with van der Waals surface area (Å²) in [4.78, 5) is 2.45. The van der Waals surface area contributed by atoms with E-state index in [2.05, 4.69) is 35.5 Å². The fourth-order valence-corrected chi connectivity index (χ4v) is 2.14. The molecule has 0 aliphatic carbocycles. The molecule has 1 heterocycles. The molecule has 15 heavy (non-hydrogen) atoms. The molecule has 1 aliphatic heterocycles. The zero-order valence-electron chi connectivity index (χ0n) is 9.16. The first-order chi connectivity index (χ1) is 7.33. The molecule has 0 saturated heterocycles. The minimum Gasteiger partial charge on any atom is -0.316 e. The maximum Gasteiger partial charge on any atom is 0.0458 e. The molecule has 1 aromatic rings. The normalized spacial score (nSPS) is 16.4. The van der Waals surface area contributed by atoms with Crippen molar-refractivity contribution in [1.29, 1.82) is 0 Å². The Balaban J connectivity index is 2.17. The molecule has 2 rings (SSSR count). The largest absolute Gasteiger partial charge is 0.316 e. The predicted molar refractivity (Wildman–Crippen MR) is 59.7 cm³/mol. The van der Waals surface area contributed by atoms with E-state index in [4.69, 9.17) is 5.21 Å². The molecule has 1 aliphatic rings. The summed E-state index contributed by atoms with van der Waals surface area (Å²) < 4.78 is 0. The molecule has 82 valence electrons. The van der Waals surface area contributed by atoms with Crippen LogP contribution in [0.25, 0.3) is 0 Å². The summed E-state index contributed by atoms with van der Waals surface area (Å²) in [5.41, 5.74) is 6.23. The van der Waals surface area contributed by atoms with Gasteiger partial charge in [0.05, 0.1) is 0 Å². The number of likely N-dealkylation sites (N-methyl/N-ethyl adjacent to an activating group) is 1. The molecule has 0 bridgehead atoms. The van der Waals surface area contributed by atoms with Crippen LogP contribution < -0.4 is 5.48 Å². The van der Waals surface area contributed by atoms with Crippen molar-refractivity contribution in [2.75, 3.05) is 13.1 Å². The van der Waals surface area contributed by atoms with Crippen molar-refractivity contribution in [3.05, 3.63) is 34.9 Å². The van der Waals surface area contributed by atoms with E-state index in [0.717, 1.165) is 31.6 Å².